The van der Waals surface area contributed by atoms with Crippen molar-refractivity contribution < 1.29 is 4.42 Å². The number of aryl methyl sites for hydroxylation is 1. The number of nitrogens with zero attached hydrogens (tertiary/aromatic N) is 3. The highest BCUT2D eigenvalue weighted by molar-refractivity contribution is 5.30. The van der Waals surface area contributed by atoms with Crippen LogP contribution in [0.1, 0.15) is 30.6 Å². The van der Waals surface area contributed by atoms with Crippen molar-refractivity contribution in [2.24, 2.45) is 0 Å². The molecule has 0 aliphatic heterocycles. The molecule has 0 radical (unpaired) electrons. The van der Waals surface area contributed by atoms with E-state index in [0.717, 1.165) is 49.1 Å². The molecule has 0 saturated heterocycles. The van der Waals surface area contributed by atoms with E-state index in [1.807, 2.05) is 32.3 Å². The number of aromatic nitrogens is 2. The largest absolute Gasteiger partial charge is 0.465 e. The lowest BCUT2D eigenvalue weighted by molar-refractivity contribution is 0.282. The van der Waals surface area contributed by atoms with Crippen molar-refractivity contribution in [3.63, 3.8) is 0 Å². The van der Waals surface area contributed by atoms with Crippen LogP contribution < -0.4 is 5.32 Å². The Morgan fingerprint density at radius 3 is 2.65 bits per heavy atom. The van der Waals surface area contributed by atoms with Crippen LogP contribution in [0.25, 0.3) is 0 Å². The minimum absolute atomic E-state index is 0.751. The van der Waals surface area contributed by atoms with Gasteiger partial charge in [0, 0.05) is 13.1 Å². The number of furan rings is 1. The Hall–Kier alpha value is -1.88. The van der Waals surface area contributed by atoms with E-state index in [2.05, 4.69) is 27.1 Å². The second-order valence-electron chi connectivity index (χ2n) is 5.00. The minimum atomic E-state index is 0.751. The first-order chi connectivity index (χ1) is 9.67. The molecule has 20 heavy (non-hydrogen) atoms. The standard InChI is InChI=1S/C15H22N4O/c1-4-7-16-15-9-17-13(8-18-15)10-19(3)11-14-6-5-12(2)20-14/h5-6,8-9H,4,7,10-11H2,1-3H3,(H,16,18). The highest BCUT2D eigenvalue weighted by Gasteiger charge is 2.06. The van der Waals surface area contributed by atoms with Crippen molar-refractivity contribution >= 4 is 5.82 Å². The van der Waals surface area contributed by atoms with Gasteiger partial charge < -0.3 is 9.73 Å². The van der Waals surface area contributed by atoms with Crippen LogP contribution in [-0.2, 0) is 13.1 Å². The SMILES string of the molecule is CCCNc1cnc(CN(C)Cc2ccc(C)o2)cn1. The summed E-state index contributed by atoms with van der Waals surface area (Å²) in [6.07, 6.45) is 4.69. The smallest absolute Gasteiger partial charge is 0.144 e. The van der Waals surface area contributed by atoms with Crippen LogP contribution >= 0.6 is 0 Å². The Kier molecular flexibility index (Phi) is 5.12. The minimum Gasteiger partial charge on any atom is -0.465 e. The lowest BCUT2D eigenvalue weighted by Gasteiger charge is -2.14. The van der Waals surface area contributed by atoms with Crippen LogP contribution in [0, 0.1) is 6.92 Å². The first-order valence-corrected chi connectivity index (χ1v) is 6.96. The van der Waals surface area contributed by atoms with E-state index in [9.17, 15) is 0 Å². The predicted molar refractivity (Wildman–Crippen MR) is 79.4 cm³/mol. The highest BCUT2D eigenvalue weighted by atomic mass is 16.3. The quantitative estimate of drug-likeness (QED) is 0.841. The molecule has 1 N–H and O–H groups in total. The van der Waals surface area contributed by atoms with Crippen molar-refractivity contribution in [3.8, 4) is 0 Å². The fourth-order valence-corrected chi connectivity index (χ4v) is 1.95. The highest BCUT2D eigenvalue weighted by Crippen LogP contribution is 2.10. The summed E-state index contributed by atoms with van der Waals surface area (Å²) in [5.74, 6) is 2.75. The van der Waals surface area contributed by atoms with Crippen LogP contribution in [0.5, 0.6) is 0 Å². The molecular formula is C15H22N4O. The molecule has 2 heterocycles. The molecule has 0 amide bonds. The van der Waals surface area contributed by atoms with Gasteiger partial charge in [-0.25, -0.2) is 4.98 Å². The average molecular weight is 274 g/mol. The Balaban J connectivity index is 1.85. The first kappa shape index (κ1) is 14.5. The van der Waals surface area contributed by atoms with E-state index in [-0.39, 0.29) is 0 Å². The molecule has 108 valence electrons. The Morgan fingerprint density at radius 1 is 1.20 bits per heavy atom. The van der Waals surface area contributed by atoms with Crippen LogP contribution in [0.2, 0.25) is 0 Å². The summed E-state index contributed by atoms with van der Waals surface area (Å²) < 4.78 is 5.57. The van der Waals surface area contributed by atoms with E-state index < -0.39 is 0 Å². The van der Waals surface area contributed by atoms with Gasteiger partial charge in [-0.3, -0.25) is 9.88 Å². The molecule has 0 aromatic carbocycles. The van der Waals surface area contributed by atoms with Gasteiger partial charge in [0.15, 0.2) is 0 Å². The molecule has 2 aromatic heterocycles. The van der Waals surface area contributed by atoms with Gasteiger partial charge >= 0.3 is 0 Å². The number of rotatable bonds is 7. The van der Waals surface area contributed by atoms with Crippen molar-refractivity contribution in [1.29, 1.82) is 0 Å². The van der Waals surface area contributed by atoms with Gasteiger partial charge in [-0.15, -0.1) is 0 Å². The Morgan fingerprint density at radius 2 is 2.05 bits per heavy atom. The third-order valence-corrected chi connectivity index (χ3v) is 2.92. The van der Waals surface area contributed by atoms with Gasteiger partial charge in [-0.2, -0.15) is 0 Å². The van der Waals surface area contributed by atoms with Crippen molar-refractivity contribution in [1.82, 2.24) is 14.9 Å². The summed E-state index contributed by atoms with van der Waals surface area (Å²) in [7, 11) is 2.04. The summed E-state index contributed by atoms with van der Waals surface area (Å²) in [5.41, 5.74) is 0.956. The van der Waals surface area contributed by atoms with Crippen LogP contribution in [-0.4, -0.2) is 28.5 Å². The summed E-state index contributed by atoms with van der Waals surface area (Å²) in [4.78, 5) is 10.9. The molecule has 0 fully saturated rings. The molecule has 0 spiro atoms. The molecule has 0 atom stereocenters. The van der Waals surface area contributed by atoms with Gasteiger partial charge in [-0.1, -0.05) is 6.92 Å². The van der Waals surface area contributed by atoms with Gasteiger partial charge in [0.25, 0.3) is 0 Å². The third kappa shape index (κ3) is 4.35. The number of hydrogen-bond donors (Lipinski definition) is 1. The predicted octanol–water partition coefficient (Wildman–Crippen LogP) is 2.83. The fourth-order valence-electron chi connectivity index (χ4n) is 1.95. The molecule has 0 unspecified atom stereocenters. The van der Waals surface area contributed by atoms with Crippen molar-refractivity contribution in [2.45, 2.75) is 33.4 Å². The molecule has 5 nitrogen and oxygen atoms in total. The van der Waals surface area contributed by atoms with Gasteiger partial charge in [-0.05, 0) is 32.5 Å². The molecule has 0 aliphatic carbocycles. The maximum atomic E-state index is 5.57. The van der Waals surface area contributed by atoms with Crippen molar-refractivity contribution in [3.05, 3.63) is 41.7 Å². The summed E-state index contributed by atoms with van der Waals surface area (Å²) >= 11 is 0. The second-order valence-corrected chi connectivity index (χ2v) is 5.00. The lowest BCUT2D eigenvalue weighted by Crippen LogP contribution is -2.18. The topological polar surface area (TPSA) is 54.2 Å². The zero-order valence-corrected chi connectivity index (χ0v) is 12.4. The third-order valence-electron chi connectivity index (χ3n) is 2.92. The van der Waals surface area contributed by atoms with Gasteiger partial charge in [0.1, 0.15) is 17.3 Å². The maximum absolute atomic E-state index is 5.57. The molecule has 5 heteroatoms. The normalized spacial score (nSPS) is 11.0. The van der Waals surface area contributed by atoms with Crippen LogP contribution in [0.3, 0.4) is 0 Å². The van der Waals surface area contributed by atoms with Crippen LogP contribution in [0.4, 0.5) is 5.82 Å². The van der Waals surface area contributed by atoms with Gasteiger partial charge in [0.05, 0.1) is 24.6 Å². The molecule has 0 aliphatic rings. The molecule has 0 saturated carbocycles. The Bertz CT molecular complexity index is 521. The zero-order valence-electron chi connectivity index (χ0n) is 12.4. The van der Waals surface area contributed by atoms with Crippen LogP contribution in [0.15, 0.2) is 28.9 Å². The second kappa shape index (κ2) is 7.05. The monoisotopic (exact) mass is 274 g/mol. The first-order valence-electron chi connectivity index (χ1n) is 6.96. The van der Waals surface area contributed by atoms with E-state index in [1.54, 1.807) is 6.20 Å². The van der Waals surface area contributed by atoms with Gasteiger partial charge in [0.2, 0.25) is 0 Å². The number of anilines is 1. The summed E-state index contributed by atoms with van der Waals surface area (Å²) in [6, 6.07) is 3.99. The lowest BCUT2D eigenvalue weighted by atomic mass is 10.3. The maximum Gasteiger partial charge on any atom is 0.144 e. The molecule has 0 bridgehead atoms. The zero-order chi connectivity index (χ0) is 14.4. The number of hydrogen-bond acceptors (Lipinski definition) is 5. The van der Waals surface area contributed by atoms with Crippen molar-refractivity contribution in [2.75, 3.05) is 18.9 Å². The average Bonchev–Trinajstić information content (AvgIpc) is 2.83. The fraction of sp³-hybridized carbons (Fsp3) is 0.467. The summed E-state index contributed by atoms with van der Waals surface area (Å²) in [6.45, 7) is 6.52. The van der Waals surface area contributed by atoms with E-state index in [1.165, 1.54) is 0 Å². The molecular weight excluding hydrogens is 252 g/mol. The van der Waals surface area contributed by atoms with E-state index in [0.29, 0.717) is 0 Å². The number of nitrogens with one attached hydrogen (secondary N) is 1. The molecule has 2 aromatic rings. The van der Waals surface area contributed by atoms with E-state index in [4.69, 9.17) is 4.42 Å². The summed E-state index contributed by atoms with van der Waals surface area (Å²) in [5, 5.41) is 3.22. The Labute approximate surface area is 120 Å². The van der Waals surface area contributed by atoms with E-state index >= 15 is 0 Å². The molecule has 2 rings (SSSR count).